The van der Waals surface area contributed by atoms with E-state index in [0.29, 0.717) is 0 Å². The number of hydrogen-bond acceptors (Lipinski definition) is 3. The van der Waals surface area contributed by atoms with E-state index < -0.39 is 35.7 Å². The summed E-state index contributed by atoms with van der Waals surface area (Å²) < 4.78 is 36.4. The molecule has 9 heteroatoms. The van der Waals surface area contributed by atoms with Crippen LogP contribution in [0.4, 0.5) is 4.39 Å². The molecule has 1 aliphatic rings. The van der Waals surface area contributed by atoms with E-state index in [-0.39, 0.29) is 11.6 Å². The molecule has 0 bridgehead atoms. The van der Waals surface area contributed by atoms with E-state index in [4.69, 9.17) is 33.9 Å². The Kier molecular flexibility index (Phi) is 4.49. The molecule has 0 spiro atoms. The largest absolute Gasteiger partial charge is 0.349 e. The molecule has 2 rings (SSSR count). The number of amides is 1. The van der Waals surface area contributed by atoms with Crippen LogP contribution >= 0.6 is 33.9 Å². The summed E-state index contributed by atoms with van der Waals surface area (Å²) in [7, 11) is 0.792. The smallest absolute Gasteiger partial charge is 0.264 e. The van der Waals surface area contributed by atoms with Crippen molar-refractivity contribution in [2.45, 2.75) is 30.2 Å². The third-order valence-electron chi connectivity index (χ3n) is 3.04. The zero-order valence-corrected chi connectivity index (χ0v) is 13.0. The van der Waals surface area contributed by atoms with Crippen LogP contribution in [0.5, 0.6) is 0 Å². The molecule has 1 saturated carbocycles. The second-order valence-corrected chi connectivity index (χ2v) is 7.66. The molecule has 0 unspecified atom stereocenters. The first-order valence-corrected chi connectivity index (χ1v) is 8.71. The standard InChI is InChI=1S/C11H9Cl3FNO3S/c12-8-6(11(17)16-5-2-1-3-5)4-7(15)9(13)10(8)20(14,18)19/h4-5H,1-3H2,(H,16,17). The predicted molar refractivity (Wildman–Crippen MR) is 74.6 cm³/mol. The highest BCUT2D eigenvalue weighted by molar-refractivity contribution is 8.14. The molecular weight excluding hydrogens is 352 g/mol. The Morgan fingerprint density at radius 2 is 1.90 bits per heavy atom. The fourth-order valence-corrected chi connectivity index (χ4v) is 4.15. The molecule has 1 aromatic carbocycles. The number of carbonyl (C=O) groups is 1. The Balaban J connectivity index is 2.48. The average Bonchev–Trinajstić information content (AvgIpc) is 2.26. The number of carbonyl (C=O) groups excluding carboxylic acids is 1. The summed E-state index contributed by atoms with van der Waals surface area (Å²) in [5.41, 5.74) is -0.306. The van der Waals surface area contributed by atoms with Gasteiger partial charge in [0.1, 0.15) is 10.7 Å². The molecule has 1 N–H and O–H groups in total. The van der Waals surface area contributed by atoms with Crippen LogP contribution in [0, 0.1) is 5.82 Å². The minimum atomic E-state index is -4.37. The maximum atomic E-state index is 13.7. The third-order valence-corrected chi connectivity index (χ3v) is 5.39. The zero-order chi connectivity index (χ0) is 15.1. The molecule has 0 aliphatic heterocycles. The van der Waals surface area contributed by atoms with Crippen molar-refractivity contribution in [2.24, 2.45) is 0 Å². The second kappa shape index (κ2) is 5.67. The summed E-state index contributed by atoms with van der Waals surface area (Å²) in [6.45, 7) is 0. The molecule has 1 fully saturated rings. The summed E-state index contributed by atoms with van der Waals surface area (Å²) in [6, 6.07) is 0.790. The molecule has 4 nitrogen and oxygen atoms in total. The van der Waals surface area contributed by atoms with Crippen molar-refractivity contribution in [2.75, 3.05) is 0 Å². The summed E-state index contributed by atoms with van der Waals surface area (Å²) in [6.07, 6.45) is 2.63. The van der Waals surface area contributed by atoms with E-state index in [2.05, 4.69) is 5.32 Å². The highest BCUT2D eigenvalue weighted by atomic mass is 35.7. The first-order chi connectivity index (χ1) is 9.21. The van der Waals surface area contributed by atoms with Gasteiger partial charge in [-0.2, -0.15) is 0 Å². The molecule has 0 radical (unpaired) electrons. The molecule has 0 heterocycles. The molecule has 0 saturated heterocycles. The van der Waals surface area contributed by atoms with E-state index in [1.165, 1.54) is 0 Å². The number of rotatable bonds is 3. The van der Waals surface area contributed by atoms with Gasteiger partial charge in [0.25, 0.3) is 15.0 Å². The molecule has 0 atom stereocenters. The number of hydrogen-bond donors (Lipinski definition) is 1. The highest BCUT2D eigenvalue weighted by Gasteiger charge is 2.29. The third kappa shape index (κ3) is 3.03. The molecular formula is C11H9Cl3FNO3S. The monoisotopic (exact) mass is 359 g/mol. The van der Waals surface area contributed by atoms with Gasteiger partial charge in [0.15, 0.2) is 0 Å². The SMILES string of the molecule is O=C(NC1CCC1)c1cc(F)c(Cl)c(S(=O)(=O)Cl)c1Cl. The van der Waals surface area contributed by atoms with Crippen molar-refractivity contribution in [3.8, 4) is 0 Å². The van der Waals surface area contributed by atoms with Crippen LogP contribution in [-0.2, 0) is 9.05 Å². The molecule has 20 heavy (non-hydrogen) atoms. The summed E-state index contributed by atoms with van der Waals surface area (Å²) in [4.78, 5) is 11.2. The van der Waals surface area contributed by atoms with Crippen molar-refractivity contribution in [3.63, 3.8) is 0 Å². The van der Waals surface area contributed by atoms with Crippen molar-refractivity contribution >= 4 is 48.8 Å². The maximum Gasteiger partial charge on any atom is 0.264 e. The van der Waals surface area contributed by atoms with E-state index in [9.17, 15) is 17.6 Å². The van der Waals surface area contributed by atoms with Gasteiger partial charge in [-0.05, 0) is 25.3 Å². The number of benzene rings is 1. The van der Waals surface area contributed by atoms with Gasteiger partial charge in [0.2, 0.25) is 0 Å². The van der Waals surface area contributed by atoms with Gasteiger partial charge in [-0.1, -0.05) is 23.2 Å². The Morgan fingerprint density at radius 1 is 1.30 bits per heavy atom. The molecule has 1 aliphatic carbocycles. The van der Waals surface area contributed by atoms with E-state index in [1.807, 2.05) is 0 Å². The van der Waals surface area contributed by atoms with Gasteiger partial charge in [0, 0.05) is 16.7 Å². The quantitative estimate of drug-likeness (QED) is 0.664. The van der Waals surface area contributed by atoms with E-state index in [1.54, 1.807) is 0 Å². The molecule has 1 aromatic rings. The first-order valence-electron chi connectivity index (χ1n) is 5.65. The lowest BCUT2D eigenvalue weighted by atomic mass is 9.93. The zero-order valence-electron chi connectivity index (χ0n) is 9.92. The van der Waals surface area contributed by atoms with Gasteiger partial charge in [-0.25, -0.2) is 12.8 Å². The first kappa shape index (κ1) is 15.8. The minimum absolute atomic E-state index is 0.00614. The van der Waals surface area contributed by atoms with Crippen molar-refractivity contribution in [3.05, 3.63) is 27.5 Å². The van der Waals surface area contributed by atoms with Crippen LogP contribution in [0.25, 0.3) is 0 Å². The van der Waals surface area contributed by atoms with Crippen LogP contribution in [-0.4, -0.2) is 20.4 Å². The summed E-state index contributed by atoms with van der Waals surface area (Å²) >= 11 is 11.4. The van der Waals surface area contributed by atoms with Crippen LogP contribution in [0.1, 0.15) is 29.6 Å². The summed E-state index contributed by atoms with van der Waals surface area (Å²) in [5, 5.41) is 1.41. The number of halogens is 4. The summed E-state index contributed by atoms with van der Waals surface area (Å²) in [5.74, 6) is -1.73. The van der Waals surface area contributed by atoms with Crippen LogP contribution in [0.15, 0.2) is 11.0 Å². The van der Waals surface area contributed by atoms with Gasteiger partial charge in [-0.3, -0.25) is 4.79 Å². The average molecular weight is 361 g/mol. The van der Waals surface area contributed by atoms with Crippen molar-refractivity contribution in [1.29, 1.82) is 0 Å². The Labute approximate surface area is 129 Å². The maximum absolute atomic E-state index is 13.7. The van der Waals surface area contributed by atoms with E-state index >= 15 is 0 Å². The fourth-order valence-electron chi connectivity index (χ4n) is 1.78. The molecule has 1 amide bonds. The lowest BCUT2D eigenvalue weighted by Crippen LogP contribution is -2.39. The predicted octanol–water partition coefficient (Wildman–Crippen LogP) is 3.34. The van der Waals surface area contributed by atoms with Gasteiger partial charge in [-0.15, -0.1) is 0 Å². The minimum Gasteiger partial charge on any atom is -0.349 e. The lowest BCUT2D eigenvalue weighted by molar-refractivity contribution is 0.0916. The Bertz CT molecular complexity index is 674. The van der Waals surface area contributed by atoms with Gasteiger partial charge >= 0.3 is 0 Å². The van der Waals surface area contributed by atoms with Crippen molar-refractivity contribution < 1.29 is 17.6 Å². The van der Waals surface area contributed by atoms with Crippen LogP contribution in [0.2, 0.25) is 10.0 Å². The van der Waals surface area contributed by atoms with Gasteiger partial charge < -0.3 is 5.32 Å². The second-order valence-electron chi connectivity index (χ2n) is 4.40. The molecule has 0 aromatic heterocycles. The van der Waals surface area contributed by atoms with E-state index in [0.717, 1.165) is 25.3 Å². The Morgan fingerprint density at radius 3 is 2.35 bits per heavy atom. The van der Waals surface area contributed by atoms with Crippen LogP contribution < -0.4 is 5.32 Å². The van der Waals surface area contributed by atoms with Crippen molar-refractivity contribution in [1.82, 2.24) is 5.32 Å². The topological polar surface area (TPSA) is 63.2 Å². The van der Waals surface area contributed by atoms with Gasteiger partial charge in [0.05, 0.1) is 15.6 Å². The highest BCUT2D eigenvalue weighted by Crippen LogP contribution is 2.36. The van der Waals surface area contributed by atoms with Crippen LogP contribution in [0.3, 0.4) is 0 Å². The Hall–Kier alpha value is -0.560. The lowest BCUT2D eigenvalue weighted by Gasteiger charge is -2.26. The fraction of sp³-hybridized carbons (Fsp3) is 0.364. The number of nitrogens with one attached hydrogen (secondary N) is 1. The normalized spacial score (nSPS) is 15.8. The molecule has 110 valence electrons.